The first-order valence-corrected chi connectivity index (χ1v) is 10.1. The molecule has 3 rings (SSSR count). The Morgan fingerprint density at radius 1 is 1.15 bits per heavy atom. The molecule has 1 aliphatic heterocycles. The van der Waals surface area contributed by atoms with Crippen LogP contribution >= 0.6 is 28.1 Å². The molecule has 26 heavy (non-hydrogen) atoms. The minimum atomic E-state index is 0.678. The number of aryl methyl sites for hydroxylation is 1. The summed E-state index contributed by atoms with van der Waals surface area (Å²) in [5.41, 5.74) is 3.38. The maximum Gasteiger partial charge on any atom is 0.173 e. The molecule has 1 fully saturated rings. The van der Waals surface area contributed by atoms with E-state index in [1.807, 2.05) is 31.2 Å². The number of benzene rings is 2. The number of halogens is 1. The molecular formula is C20H24BrN3OS. The predicted octanol–water partition coefficient (Wildman–Crippen LogP) is 4.68. The predicted molar refractivity (Wildman–Crippen MR) is 116 cm³/mol. The van der Waals surface area contributed by atoms with Crippen molar-refractivity contribution in [3.8, 4) is 5.75 Å². The normalized spacial score (nSPS) is 14.3. The van der Waals surface area contributed by atoms with Crippen molar-refractivity contribution in [3.63, 3.8) is 0 Å². The molecule has 0 amide bonds. The Bertz CT molecular complexity index is 775. The van der Waals surface area contributed by atoms with Crippen molar-refractivity contribution in [1.29, 1.82) is 0 Å². The molecule has 1 heterocycles. The average molecular weight is 434 g/mol. The van der Waals surface area contributed by atoms with Gasteiger partial charge in [-0.1, -0.05) is 28.1 Å². The number of piperazine rings is 1. The second-order valence-electron chi connectivity index (χ2n) is 6.27. The largest absolute Gasteiger partial charge is 0.492 e. The van der Waals surface area contributed by atoms with Gasteiger partial charge < -0.3 is 19.9 Å². The first-order chi connectivity index (χ1) is 12.6. The molecule has 1 aliphatic rings. The van der Waals surface area contributed by atoms with Crippen LogP contribution in [0, 0.1) is 6.92 Å². The SMILES string of the molecule is CCOc1ccccc1N1CCN(C(=S)Nc2ccc(Br)c(C)c2)CC1. The van der Waals surface area contributed by atoms with Crippen LogP contribution in [0.15, 0.2) is 46.9 Å². The molecule has 0 radical (unpaired) electrons. The lowest BCUT2D eigenvalue weighted by molar-refractivity contribution is 0.336. The Kier molecular flexibility index (Phi) is 6.38. The van der Waals surface area contributed by atoms with Crippen molar-refractivity contribution in [1.82, 2.24) is 4.90 Å². The number of nitrogens with zero attached hydrogens (tertiary/aromatic N) is 2. The van der Waals surface area contributed by atoms with Crippen molar-refractivity contribution in [2.75, 3.05) is 43.0 Å². The fourth-order valence-corrected chi connectivity index (χ4v) is 3.62. The standard InChI is InChI=1S/C20H24BrN3OS/c1-3-25-19-7-5-4-6-18(19)23-10-12-24(13-11-23)20(26)22-16-8-9-17(21)15(2)14-16/h4-9,14H,3,10-13H2,1-2H3,(H,22,26). The van der Waals surface area contributed by atoms with Gasteiger partial charge in [-0.15, -0.1) is 0 Å². The van der Waals surface area contributed by atoms with Crippen LogP contribution in [-0.2, 0) is 0 Å². The van der Waals surface area contributed by atoms with Crippen LogP contribution in [0.2, 0.25) is 0 Å². The van der Waals surface area contributed by atoms with E-state index < -0.39 is 0 Å². The van der Waals surface area contributed by atoms with E-state index in [1.165, 1.54) is 5.56 Å². The molecule has 0 aliphatic carbocycles. The molecule has 2 aromatic rings. The molecular weight excluding hydrogens is 410 g/mol. The van der Waals surface area contributed by atoms with Crippen molar-refractivity contribution < 1.29 is 4.74 Å². The van der Waals surface area contributed by atoms with Crippen molar-refractivity contribution >= 4 is 44.6 Å². The van der Waals surface area contributed by atoms with Crippen LogP contribution in [0.5, 0.6) is 5.75 Å². The third kappa shape index (κ3) is 4.48. The number of thiocarbonyl (C=S) groups is 1. The maximum absolute atomic E-state index is 5.77. The number of rotatable bonds is 4. The fourth-order valence-electron chi connectivity index (χ4n) is 3.07. The lowest BCUT2D eigenvalue weighted by Crippen LogP contribution is -2.50. The first kappa shape index (κ1) is 19.0. The first-order valence-electron chi connectivity index (χ1n) is 8.87. The summed E-state index contributed by atoms with van der Waals surface area (Å²) in [7, 11) is 0. The molecule has 1 saturated heterocycles. The van der Waals surface area contributed by atoms with E-state index in [0.29, 0.717) is 6.61 Å². The van der Waals surface area contributed by atoms with Gasteiger partial charge in [0.1, 0.15) is 5.75 Å². The van der Waals surface area contributed by atoms with Gasteiger partial charge in [0.25, 0.3) is 0 Å². The van der Waals surface area contributed by atoms with Gasteiger partial charge >= 0.3 is 0 Å². The molecule has 4 nitrogen and oxygen atoms in total. The zero-order valence-corrected chi connectivity index (χ0v) is 17.6. The molecule has 1 N–H and O–H groups in total. The van der Waals surface area contributed by atoms with E-state index in [0.717, 1.165) is 52.9 Å². The summed E-state index contributed by atoms with van der Waals surface area (Å²) in [6, 6.07) is 14.4. The molecule has 6 heteroatoms. The Hall–Kier alpha value is -1.79. The van der Waals surface area contributed by atoms with E-state index in [4.69, 9.17) is 17.0 Å². The summed E-state index contributed by atoms with van der Waals surface area (Å²) in [4.78, 5) is 4.60. The topological polar surface area (TPSA) is 27.7 Å². The molecule has 0 bridgehead atoms. The molecule has 0 spiro atoms. The Labute approximate surface area is 169 Å². The quantitative estimate of drug-likeness (QED) is 0.706. The number of nitrogens with one attached hydrogen (secondary N) is 1. The van der Waals surface area contributed by atoms with E-state index in [-0.39, 0.29) is 0 Å². The average Bonchev–Trinajstić information content (AvgIpc) is 2.66. The lowest BCUT2D eigenvalue weighted by atomic mass is 10.2. The summed E-state index contributed by atoms with van der Waals surface area (Å²) in [5.74, 6) is 0.953. The summed E-state index contributed by atoms with van der Waals surface area (Å²) in [6.07, 6.45) is 0. The van der Waals surface area contributed by atoms with E-state index >= 15 is 0 Å². The zero-order chi connectivity index (χ0) is 18.5. The van der Waals surface area contributed by atoms with Crippen molar-refractivity contribution in [3.05, 3.63) is 52.5 Å². The fraction of sp³-hybridized carbons (Fsp3) is 0.350. The highest BCUT2D eigenvalue weighted by molar-refractivity contribution is 9.10. The molecule has 0 atom stereocenters. The van der Waals surface area contributed by atoms with Crippen LogP contribution < -0.4 is 15.0 Å². The summed E-state index contributed by atoms with van der Waals surface area (Å²) in [5, 5.41) is 4.14. The maximum atomic E-state index is 5.77. The van der Waals surface area contributed by atoms with Gasteiger partial charge in [-0.05, 0) is 62.0 Å². The van der Waals surface area contributed by atoms with Crippen LogP contribution in [0.25, 0.3) is 0 Å². The number of ether oxygens (including phenoxy) is 1. The van der Waals surface area contributed by atoms with Crippen molar-refractivity contribution in [2.24, 2.45) is 0 Å². The second-order valence-corrected chi connectivity index (χ2v) is 7.51. The molecule has 2 aromatic carbocycles. The summed E-state index contributed by atoms with van der Waals surface area (Å²) < 4.78 is 6.87. The highest BCUT2D eigenvalue weighted by Crippen LogP contribution is 2.29. The van der Waals surface area contributed by atoms with Crippen LogP contribution in [0.1, 0.15) is 12.5 Å². The number of hydrogen-bond acceptors (Lipinski definition) is 3. The molecule has 0 aromatic heterocycles. The van der Waals surface area contributed by atoms with Gasteiger partial charge in [0.2, 0.25) is 0 Å². The minimum absolute atomic E-state index is 0.678. The highest BCUT2D eigenvalue weighted by atomic mass is 79.9. The summed E-state index contributed by atoms with van der Waals surface area (Å²) >= 11 is 9.15. The van der Waals surface area contributed by atoms with Gasteiger partial charge in [-0.25, -0.2) is 0 Å². The number of para-hydroxylation sites is 2. The molecule has 138 valence electrons. The Morgan fingerprint density at radius 3 is 2.58 bits per heavy atom. The Balaban J connectivity index is 1.59. The Morgan fingerprint density at radius 2 is 1.88 bits per heavy atom. The van der Waals surface area contributed by atoms with Gasteiger partial charge in [0.05, 0.1) is 12.3 Å². The third-order valence-electron chi connectivity index (χ3n) is 4.48. The number of anilines is 2. The third-order valence-corrected chi connectivity index (χ3v) is 5.73. The smallest absolute Gasteiger partial charge is 0.173 e. The van der Waals surface area contributed by atoms with Crippen molar-refractivity contribution in [2.45, 2.75) is 13.8 Å². The van der Waals surface area contributed by atoms with Gasteiger partial charge in [0, 0.05) is 36.3 Å². The minimum Gasteiger partial charge on any atom is -0.492 e. The second kappa shape index (κ2) is 8.73. The summed E-state index contributed by atoms with van der Waals surface area (Å²) in [6.45, 7) is 8.40. The van der Waals surface area contributed by atoms with Gasteiger partial charge in [-0.3, -0.25) is 0 Å². The van der Waals surface area contributed by atoms with Crippen LogP contribution in [-0.4, -0.2) is 42.8 Å². The number of hydrogen-bond donors (Lipinski definition) is 1. The molecule has 0 unspecified atom stereocenters. The monoisotopic (exact) mass is 433 g/mol. The molecule has 0 saturated carbocycles. The van der Waals surface area contributed by atoms with E-state index in [9.17, 15) is 0 Å². The lowest BCUT2D eigenvalue weighted by Gasteiger charge is -2.38. The van der Waals surface area contributed by atoms with E-state index in [2.05, 4.69) is 56.2 Å². The zero-order valence-electron chi connectivity index (χ0n) is 15.2. The van der Waals surface area contributed by atoms with E-state index in [1.54, 1.807) is 0 Å². The van der Waals surface area contributed by atoms with Crippen LogP contribution in [0.3, 0.4) is 0 Å². The van der Waals surface area contributed by atoms with Gasteiger partial charge in [0.15, 0.2) is 5.11 Å². The van der Waals surface area contributed by atoms with Crippen LogP contribution in [0.4, 0.5) is 11.4 Å². The van der Waals surface area contributed by atoms with Gasteiger partial charge in [-0.2, -0.15) is 0 Å². The highest BCUT2D eigenvalue weighted by Gasteiger charge is 2.21.